The number of carbonyl (C=O) groups is 1. The number of aryl methyl sites for hydroxylation is 1. The van der Waals surface area contributed by atoms with E-state index in [1.165, 1.54) is 7.11 Å². The fraction of sp³-hybridized carbons (Fsp3) is 0.167. The Bertz CT molecular complexity index is 563. The van der Waals surface area contributed by atoms with Crippen molar-refractivity contribution in [1.82, 2.24) is 9.78 Å². The molecule has 5 heteroatoms. The number of nitrogens with zero attached hydrogens (tertiary/aromatic N) is 2. The molecule has 88 valence electrons. The molecule has 0 fully saturated rings. The van der Waals surface area contributed by atoms with Crippen molar-refractivity contribution in [3.8, 4) is 5.69 Å². The molecule has 0 saturated carbocycles. The Labute approximate surface area is 104 Å². The average Bonchev–Trinajstić information content (AvgIpc) is 2.74. The normalized spacial score (nSPS) is 10.3. The van der Waals surface area contributed by atoms with Gasteiger partial charge in [-0.3, -0.25) is 0 Å². The van der Waals surface area contributed by atoms with Gasteiger partial charge in [0.1, 0.15) is 0 Å². The topological polar surface area (TPSA) is 44.1 Å². The lowest BCUT2D eigenvalue weighted by atomic mass is 10.2. The molecule has 0 atom stereocenters. The number of esters is 1. The van der Waals surface area contributed by atoms with Crippen LogP contribution in [0.5, 0.6) is 0 Å². The molecule has 0 bridgehead atoms. The summed E-state index contributed by atoms with van der Waals surface area (Å²) in [6, 6.07) is 6.98. The minimum Gasteiger partial charge on any atom is -0.465 e. The standard InChI is InChI=1S/C12H11ClN2O2/c1-8-5-6-14-15(8)9-3-4-10(11(13)7-9)12(16)17-2/h3-7H,1-2H3. The van der Waals surface area contributed by atoms with Crippen molar-refractivity contribution in [2.45, 2.75) is 6.92 Å². The number of aromatic nitrogens is 2. The largest absolute Gasteiger partial charge is 0.465 e. The maximum Gasteiger partial charge on any atom is 0.339 e. The molecule has 1 aromatic carbocycles. The third kappa shape index (κ3) is 2.17. The van der Waals surface area contributed by atoms with Gasteiger partial charge in [0.25, 0.3) is 0 Å². The van der Waals surface area contributed by atoms with E-state index < -0.39 is 5.97 Å². The molecule has 1 aromatic heterocycles. The lowest BCUT2D eigenvalue weighted by Crippen LogP contribution is -2.04. The zero-order valence-electron chi connectivity index (χ0n) is 9.48. The number of methoxy groups -OCH3 is 1. The van der Waals surface area contributed by atoms with Gasteiger partial charge in [-0.2, -0.15) is 5.10 Å². The van der Waals surface area contributed by atoms with Gasteiger partial charge in [0.15, 0.2) is 0 Å². The lowest BCUT2D eigenvalue weighted by molar-refractivity contribution is 0.0601. The van der Waals surface area contributed by atoms with Crippen molar-refractivity contribution in [3.05, 3.63) is 46.7 Å². The van der Waals surface area contributed by atoms with E-state index in [-0.39, 0.29) is 0 Å². The molecule has 0 radical (unpaired) electrons. The third-order valence-corrected chi connectivity index (χ3v) is 2.75. The van der Waals surface area contributed by atoms with Gasteiger partial charge in [-0.05, 0) is 31.2 Å². The van der Waals surface area contributed by atoms with Gasteiger partial charge in [-0.1, -0.05) is 11.6 Å². The number of rotatable bonds is 2. The summed E-state index contributed by atoms with van der Waals surface area (Å²) in [5.74, 6) is -0.446. The van der Waals surface area contributed by atoms with Crippen LogP contribution in [0.2, 0.25) is 5.02 Å². The number of halogens is 1. The predicted octanol–water partition coefficient (Wildman–Crippen LogP) is 2.62. The second kappa shape index (κ2) is 4.59. The van der Waals surface area contributed by atoms with E-state index in [2.05, 4.69) is 9.84 Å². The molecule has 0 aliphatic heterocycles. The molecular formula is C12H11ClN2O2. The Kier molecular flexibility index (Phi) is 3.15. The second-order valence-electron chi connectivity index (χ2n) is 3.54. The van der Waals surface area contributed by atoms with Gasteiger partial charge < -0.3 is 4.74 Å². The van der Waals surface area contributed by atoms with E-state index in [0.29, 0.717) is 10.6 Å². The molecule has 0 aliphatic rings. The summed E-state index contributed by atoms with van der Waals surface area (Å²) in [6.45, 7) is 1.94. The summed E-state index contributed by atoms with van der Waals surface area (Å²) < 4.78 is 6.37. The van der Waals surface area contributed by atoms with Crippen LogP contribution in [0.3, 0.4) is 0 Å². The Morgan fingerprint density at radius 3 is 2.71 bits per heavy atom. The van der Waals surface area contributed by atoms with Crippen LogP contribution in [0.25, 0.3) is 5.69 Å². The summed E-state index contributed by atoms with van der Waals surface area (Å²) in [4.78, 5) is 11.4. The Morgan fingerprint density at radius 2 is 2.18 bits per heavy atom. The predicted molar refractivity (Wildman–Crippen MR) is 64.7 cm³/mol. The maximum absolute atomic E-state index is 11.4. The molecule has 1 heterocycles. The smallest absolute Gasteiger partial charge is 0.339 e. The zero-order valence-corrected chi connectivity index (χ0v) is 10.2. The number of carbonyl (C=O) groups excluding carboxylic acids is 1. The summed E-state index contributed by atoms with van der Waals surface area (Å²) >= 11 is 6.03. The van der Waals surface area contributed by atoms with Gasteiger partial charge >= 0.3 is 5.97 Å². The van der Waals surface area contributed by atoms with Crippen LogP contribution in [-0.2, 0) is 4.74 Å². The first kappa shape index (κ1) is 11.7. The minimum atomic E-state index is -0.446. The highest BCUT2D eigenvalue weighted by atomic mass is 35.5. The fourth-order valence-corrected chi connectivity index (χ4v) is 1.80. The minimum absolute atomic E-state index is 0.350. The summed E-state index contributed by atoms with van der Waals surface area (Å²) in [5, 5.41) is 4.51. The molecule has 0 saturated heterocycles. The molecule has 2 aromatic rings. The van der Waals surface area contributed by atoms with Gasteiger partial charge in [0.2, 0.25) is 0 Å². The molecular weight excluding hydrogens is 240 g/mol. The van der Waals surface area contributed by atoms with Crippen LogP contribution < -0.4 is 0 Å². The van der Waals surface area contributed by atoms with Crippen LogP contribution in [0.4, 0.5) is 0 Å². The van der Waals surface area contributed by atoms with E-state index in [1.807, 2.05) is 13.0 Å². The van der Waals surface area contributed by atoms with Gasteiger partial charge in [-0.15, -0.1) is 0 Å². The molecule has 0 unspecified atom stereocenters. The summed E-state index contributed by atoms with van der Waals surface area (Å²) in [7, 11) is 1.32. The quantitative estimate of drug-likeness (QED) is 0.770. The van der Waals surface area contributed by atoms with Crippen molar-refractivity contribution in [2.24, 2.45) is 0 Å². The number of ether oxygens (including phenoxy) is 1. The molecule has 0 spiro atoms. The van der Waals surface area contributed by atoms with E-state index >= 15 is 0 Å². The Balaban J connectivity index is 2.44. The average molecular weight is 251 g/mol. The highest BCUT2D eigenvalue weighted by molar-refractivity contribution is 6.33. The van der Waals surface area contributed by atoms with Crippen molar-refractivity contribution < 1.29 is 9.53 Å². The number of hydrogen-bond donors (Lipinski definition) is 0. The molecule has 4 nitrogen and oxygen atoms in total. The molecule has 0 amide bonds. The molecule has 0 N–H and O–H groups in total. The molecule has 17 heavy (non-hydrogen) atoms. The van der Waals surface area contributed by atoms with Crippen LogP contribution in [0.15, 0.2) is 30.5 Å². The number of hydrogen-bond acceptors (Lipinski definition) is 3. The van der Waals surface area contributed by atoms with Gasteiger partial charge in [0, 0.05) is 11.9 Å². The van der Waals surface area contributed by atoms with E-state index in [1.54, 1.807) is 29.1 Å². The Morgan fingerprint density at radius 1 is 1.41 bits per heavy atom. The van der Waals surface area contributed by atoms with Crippen LogP contribution in [-0.4, -0.2) is 22.9 Å². The van der Waals surface area contributed by atoms with Crippen LogP contribution in [0, 0.1) is 6.92 Å². The van der Waals surface area contributed by atoms with Crippen LogP contribution >= 0.6 is 11.6 Å². The maximum atomic E-state index is 11.4. The Hall–Kier alpha value is -1.81. The van der Waals surface area contributed by atoms with Crippen molar-refractivity contribution in [1.29, 1.82) is 0 Å². The first-order valence-electron chi connectivity index (χ1n) is 5.02. The number of benzene rings is 1. The first-order chi connectivity index (χ1) is 8.13. The first-order valence-corrected chi connectivity index (χ1v) is 5.40. The zero-order chi connectivity index (χ0) is 12.4. The van der Waals surface area contributed by atoms with E-state index in [9.17, 15) is 4.79 Å². The lowest BCUT2D eigenvalue weighted by Gasteiger charge is -2.07. The molecule has 0 aliphatic carbocycles. The monoisotopic (exact) mass is 250 g/mol. The molecule has 2 rings (SSSR count). The SMILES string of the molecule is COC(=O)c1ccc(-n2nccc2C)cc1Cl. The fourth-order valence-electron chi connectivity index (χ4n) is 1.55. The van der Waals surface area contributed by atoms with Crippen LogP contribution in [0.1, 0.15) is 16.1 Å². The second-order valence-corrected chi connectivity index (χ2v) is 3.95. The van der Waals surface area contributed by atoms with E-state index in [4.69, 9.17) is 11.6 Å². The highest BCUT2D eigenvalue weighted by Crippen LogP contribution is 2.21. The van der Waals surface area contributed by atoms with Gasteiger partial charge in [-0.25, -0.2) is 9.48 Å². The third-order valence-electron chi connectivity index (χ3n) is 2.43. The van der Waals surface area contributed by atoms with Crippen molar-refractivity contribution in [2.75, 3.05) is 7.11 Å². The van der Waals surface area contributed by atoms with Crippen molar-refractivity contribution in [3.63, 3.8) is 0 Å². The van der Waals surface area contributed by atoms with Gasteiger partial charge in [0.05, 0.1) is 23.4 Å². The van der Waals surface area contributed by atoms with E-state index in [0.717, 1.165) is 11.4 Å². The highest BCUT2D eigenvalue weighted by Gasteiger charge is 2.12. The van der Waals surface area contributed by atoms with Crippen molar-refractivity contribution >= 4 is 17.6 Å². The summed E-state index contributed by atoms with van der Waals surface area (Å²) in [5.41, 5.74) is 2.15. The summed E-state index contributed by atoms with van der Waals surface area (Å²) in [6.07, 6.45) is 1.71.